The largest absolute Gasteiger partial charge is 0.322 e. The lowest BCUT2D eigenvalue weighted by Crippen LogP contribution is -2.34. The first-order chi connectivity index (χ1) is 13.0. The highest BCUT2D eigenvalue weighted by molar-refractivity contribution is 5.90. The second-order valence-electron chi connectivity index (χ2n) is 7.08. The number of nitrogens with one attached hydrogen (secondary N) is 1. The summed E-state index contributed by atoms with van der Waals surface area (Å²) in [4.78, 5) is 14.9. The van der Waals surface area contributed by atoms with Crippen LogP contribution in [0.15, 0.2) is 72.8 Å². The van der Waals surface area contributed by atoms with Crippen molar-refractivity contribution in [3.05, 3.63) is 101 Å². The Bertz CT molecular complexity index is 901. The second kappa shape index (κ2) is 8.54. The molecule has 0 fully saturated rings. The van der Waals surface area contributed by atoms with E-state index in [4.69, 9.17) is 0 Å². The molecule has 0 atom stereocenters. The lowest BCUT2D eigenvalue weighted by atomic mass is 10.1. The maximum absolute atomic E-state index is 13.0. The topological polar surface area (TPSA) is 32.3 Å². The summed E-state index contributed by atoms with van der Waals surface area (Å²) in [6.45, 7) is 7.26. The van der Waals surface area contributed by atoms with Gasteiger partial charge < -0.3 is 10.2 Å². The molecule has 0 radical (unpaired) electrons. The van der Waals surface area contributed by atoms with Crippen LogP contribution in [-0.4, -0.2) is 10.9 Å². The molecule has 0 heterocycles. The summed E-state index contributed by atoms with van der Waals surface area (Å²) in [5.74, 6) is 0. The van der Waals surface area contributed by atoms with Crippen LogP contribution in [-0.2, 0) is 13.1 Å². The quantitative estimate of drug-likeness (QED) is 0.610. The molecular formula is C24H26N2O. The van der Waals surface area contributed by atoms with Gasteiger partial charge in [0.25, 0.3) is 0 Å². The lowest BCUT2D eigenvalue weighted by Gasteiger charge is -2.24. The van der Waals surface area contributed by atoms with Crippen LogP contribution in [0, 0.1) is 20.8 Å². The summed E-state index contributed by atoms with van der Waals surface area (Å²) in [5, 5.41) is 3.08. The van der Waals surface area contributed by atoms with Crippen LogP contribution in [0.3, 0.4) is 0 Å². The molecule has 27 heavy (non-hydrogen) atoms. The Morgan fingerprint density at radius 2 is 1.37 bits per heavy atom. The van der Waals surface area contributed by atoms with Crippen LogP contribution in [0.5, 0.6) is 0 Å². The summed E-state index contributed by atoms with van der Waals surface area (Å²) >= 11 is 0. The number of carbonyl (C=O) groups is 1. The maximum atomic E-state index is 13.0. The van der Waals surface area contributed by atoms with Crippen molar-refractivity contribution in [1.29, 1.82) is 0 Å². The lowest BCUT2D eigenvalue weighted by molar-refractivity contribution is 0.206. The highest BCUT2D eigenvalue weighted by Gasteiger charge is 2.16. The Morgan fingerprint density at radius 1 is 0.778 bits per heavy atom. The first-order valence-electron chi connectivity index (χ1n) is 9.24. The highest BCUT2D eigenvalue weighted by atomic mass is 16.2. The number of rotatable bonds is 5. The first-order valence-corrected chi connectivity index (χ1v) is 9.24. The standard InChI is InChI=1S/C24H26N2O/c1-18-9-12-22(13-10-18)17-26(16-21-7-5-4-6-8-21)24(27)25-23-14-11-19(2)15-20(23)3/h4-15H,16-17H2,1-3H3,(H,25,27). The monoisotopic (exact) mass is 358 g/mol. The third kappa shape index (κ3) is 5.20. The van der Waals surface area contributed by atoms with E-state index < -0.39 is 0 Å². The molecule has 3 rings (SSSR count). The fourth-order valence-corrected chi connectivity index (χ4v) is 3.07. The van der Waals surface area contributed by atoms with Gasteiger partial charge in [-0.3, -0.25) is 0 Å². The van der Waals surface area contributed by atoms with E-state index in [2.05, 4.69) is 49.5 Å². The van der Waals surface area contributed by atoms with Gasteiger partial charge in [-0.15, -0.1) is 0 Å². The van der Waals surface area contributed by atoms with Gasteiger partial charge in [0, 0.05) is 18.8 Å². The van der Waals surface area contributed by atoms with Gasteiger partial charge in [0.05, 0.1) is 0 Å². The second-order valence-corrected chi connectivity index (χ2v) is 7.08. The normalized spacial score (nSPS) is 10.5. The van der Waals surface area contributed by atoms with Gasteiger partial charge in [-0.05, 0) is 43.5 Å². The Balaban J connectivity index is 1.81. The summed E-state index contributed by atoms with van der Waals surface area (Å²) in [7, 11) is 0. The molecule has 1 N–H and O–H groups in total. The van der Waals surface area contributed by atoms with E-state index in [-0.39, 0.29) is 6.03 Å². The molecule has 2 amide bonds. The van der Waals surface area contributed by atoms with E-state index in [1.54, 1.807) is 0 Å². The van der Waals surface area contributed by atoms with Crippen LogP contribution in [0.4, 0.5) is 10.5 Å². The van der Waals surface area contributed by atoms with Gasteiger partial charge >= 0.3 is 6.03 Å². The number of hydrogen-bond donors (Lipinski definition) is 1. The van der Waals surface area contributed by atoms with E-state index in [0.29, 0.717) is 13.1 Å². The van der Waals surface area contributed by atoms with Crippen molar-refractivity contribution < 1.29 is 4.79 Å². The Labute approximate surface area is 161 Å². The van der Waals surface area contributed by atoms with Crippen molar-refractivity contribution in [2.75, 3.05) is 5.32 Å². The van der Waals surface area contributed by atoms with Crippen LogP contribution < -0.4 is 5.32 Å². The number of aryl methyl sites for hydroxylation is 3. The molecule has 138 valence electrons. The summed E-state index contributed by atoms with van der Waals surface area (Å²) in [6, 6.07) is 24.4. The fraction of sp³-hybridized carbons (Fsp3) is 0.208. The molecule has 0 aliphatic carbocycles. The molecule has 3 aromatic rings. The van der Waals surface area contributed by atoms with E-state index in [1.165, 1.54) is 11.1 Å². The number of amides is 2. The smallest absolute Gasteiger partial charge is 0.316 e. The van der Waals surface area contributed by atoms with Gasteiger partial charge in [-0.1, -0.05) is 77.9 Å². The number of carbonyl (C=O) groups excluding carboxylic acids is 1. The SMILES string of the molecule is Cc1ccc(CN(Cc2ccccc2)C(=O)Nc2ccc(C)cc2C)cc1. The van der Waals surface area contributed by atoms with Crippen molar-refractivity contribution in [2.24, 2.45) is 0 Å². The Hall–Kier alpha value is -3.07. The van der Waals surface area contributed by atoms with Crippen molar-refractivity contribution in [3.8, 4) is 0 Å². The zero-order chi connectivity index (χ0) is 19.2. The first kappa shape index (κ1) is 18.7. The van der Waals surface area contributed by atoms with Gasteiger partial charge in [-0.2, -0.15) is 0 Å². The van der Waals surface area contributed by atoms with Crippen LogP contribution in [0.2, 0.25) is 0 Å². The predicted molar refractivity (Wildman–Crippen MR) is 112 cm³/mol. The third-order valence-electron chi connectivity index (χ3n) is 4.62. The zero-order valence-corrected chi connectivity index (χ0v) is 16.2. The minimum Gasteiger partial charge on any atom is -0.316 e. The molecule has 0 spiro atoms. The molecular weight excluding hydrogens is 332 g/mol. The van der Waals surface area contributed by atoms with Crippen molar-refractivity contribution >= 4 is 11.7 Å². The zero-order valence-electron chi connectivity index (χ0n) is 16.2. The minimum absolute atomic E-state index is 0.0913. The number of urea groups is 1. The average molecular weight is 358 g/mol. The van der Waals surface area contributed by atoms with Crippen LogP contribution >= 0.6 is 0 Å². The molecule has 0 saturated carbocycles. The Kier molecular flexibility index (Phi) is 5.92. The molecule has 3 aromatic carbocycles. The maximum Gasteiger partial charge on any atom is 0.322 e. The third-order valence-corrected chi connectivity index (χ3v) is 4.62. The van der Waals surface area contributed by atoms with E-state index >= 15 is 0 Å². The fourth-order valence-electron chi connectivity index (χ4n) is 3.07. The number of hydrogen-bond acceptors (Lipinski definition) is 1. The molecule has 0 aliphatic heterocycles. The van der Waals surface area contributed by atoms with Crippen LogP contribution in [0.25, 0.3) is 0 Å². The van der Waals surface area contributed by atoms with Gasteiger partial charge in [0.2, 0.25) is 0 Å². The average Bonchev–Trinajstić information content (AvgIpc) is 2.66. The van der Waals surface area contributed by atoms with Crippen LogP contribution in [0.1, 0.15) is 27.8 Å². The van der Waals surface area contributed by atoms with Crippen molar-refractivity contribution in [1.82, 2.24) is 4.90 Å². The number of anilines is 1. The molecule has 0 unspecified atom stereocenters. The minimum atomic E-state index is -0.0913. The van der Waals surface area contributed by atoms with Crippen molar-refractivity contribution in [3.63, 3.8) is 0 Å². The van der Waals surface area contributed by atoms with Gasteiger partial charge in [0.1, 0.15) is 0 Å². The predicted octanol–water partition coefficient (Wildman–Crippen LogP) is 5.85. The van der Waals surface area contributed by atoms with Gasteiger partial charge in [-0.25, -0.2) is 4.79 Å². The molecule has 0 bridgehead atoms. The number of nitrogens with zero attached hydrogens (tertiary/aromatic N) is 1. The molecule has 0 aliphatic rings. The molecule has 0 aromatic heterocycles. The molecule has 0 saturated heterocycles. The number of benzene rings is 3. The Morgan fingerprint density at radius 3 is 2.00 bits per heavy atom. The molecule has 3 heteroatoms. The van der Waals surface area contributed by atoms with E-state index in [0.717, 1.165) is 22.4 Å². The van der Waals surface area contributed by atoms with Gasteiger partial charge in [0.15, 0.2) is 0 Å². The highest BCUT2D eigenvalue weighted by Crippen LogP contribution is 2.18. The summed E-state index contributed by atoms with van der Waals surface area (Å²) < 4.78 is 0. The van der Waals surface area contributed by atoms with Crippen molar-refractivity contribution in [2.45, 2.75) is 33.9 Å². The molecule has 3 nitrogen and oxygen atoms in total. The summed E-state index contributed by atoms with van der Waals surface area (Å²) in [6.07, 6.45) is 0. The van der Waals surface area contributed by atoms with E-state index in [9.17, 15) is 4.79 Å². The summed E-state index contributed by atoms with van der Waals surface area (Å²) in [5.41, 5.74) is 6.55. The van der Waals surface area contributed by atoms with E-state index in [1.807, 2.05) is 54.3 Å².